The Morgan fingerprint density at radius 3 is 2.70 bits per heavy atom. The lowest BCUT2D eigenvalue weighted by Crippen LogP contribution is -2.41. The number of nitrogens with one attached hydrogen (secondary N) is 2. The van der Waals surface area contributed by atoms with Crippen molar-refractivity contribution in [1.29, 1.82) is 0 Å². The number of hydrazine groups is 2. The van der Waals surface area contributed by atoms with E-state index in [1.165, 1.54) is 5.56 Å². The van der Waals surface area contributed by atoms with E-state index in [1.54, 1.807) is 0 Å². The van der Waals surface area contributed by atoms with E-state index < -0.39 is 0 Å². The van der Waals surface area contributed by atoms with E-state index in [4.69, 9.17) is 0 Å². The smallest absolute Gasteiger partial charge is 0.177 e. The third-order valence-corrected chi connectivity index (χ3v) is 4.19. The highest BCUT2D eigenvalue weighted by Crippen LogP contribution is 2.19. The Morgan fingerprint density at radius 2 is 2.00 bits per heavy atom. The summed E-state index contributed by atoms with van der Waals surface area (Å²) < 4.78 is 2.96. The second kappa shape index (κ2) is 5.41. The Kier molecular flexibility index (Phi) is 3.62. The SMILES string of the molecule is CCN1NNN=C1c1cnn(-c2ccc(C)cc2)c1I. The Morgan fingerprint density at radius 1 is 1.25 bits per heavy atom. The number of nitrogens with zero attached hydrogens (tertiary/aromatic N) is 4. The zero-order valence-electron chi connectivity index (χ0n) is 11.3. The fraction of sp³-hybridized carbons (Fsp3) is 0.231. The fourth-order valence-corrected chi connectivity index (χ4v) is 2.82. The van der Waals surface area contributed by atoms with Crippen molar-refractivity contribution < 1.29 is 0 Å². The molecule has 0 fully saturated rings. The lowest BCUT2D eigenvalue weighted by Gasteiger charge is -2.15. The first-order valence-electron chi connectivity index (χ1n) is 6.37. The molecule has 1 aliphatic rings. The van der Waals surface area contributed by atoms with Gasteiger partial charge in [0.2, 0.25) is 0 Å². The van der Waals surface area contributed by atoms with Gasteiger partial charge < -0.3 is 0 Å². The van der Waals surface area contributed by atoms with Crippen molar-refractivity contribution in [3.8, 4) is 5.69 Å². The van der Waals surface area contributed by atoms with E-state index in [0.717, 1.165) is 27.3 Å². The van der Waals surface area contributed by atoms with Crippen LogP contribution in [-0.4, -0.2) is 27.2 Å². The Bertz CT molecular complexity index is 645. The van der Waals surface area contributed by atoms with Gasteiger partial charge in [-0.1, -0.05) is 17.7 Å². The van der Waals surface area contributed by atoms with Gasteiger partial charge in [-0.15, -0.1) is 10.6 Å². The number of hydrogen-bond acceptors (Lipinski definition) is 5. The molecule has 1 aromatic heterocycles. The van der Waals surface area contributed by atoms with Crippen molar-refractivity contribution in [3.05, 3.63) is 45.3 Å². The van der Waals surface area contributed by atoms with Crippen LogP contribution in [0.25, 0.3) is 5.69 Å². The van der Waals surface area contributed by atoms with Crippen LogP contribution in [-0.2, 0) is 0 Å². The number of rotatable bonds is 3. The molecule has 2 aromatic rings. The van der Waals surface area contributed by atoms with Gasteiger partial charge in [0.1, 0.15) is 3.70 Å². The number of hydrogen-bond donors (Lipinski definition) is 2. The molecule has 20 heavy (non-hydrogen) atoms. The maximum Gasteiger partial charge on any atom is 0.177 e. The monoisotopic (exact) mass is 382 g/mol. The van der Waals surface area contributed by atoms with E-state index in [0.29, 0.717) is 0 Å². The van der Waals surface area contributed by atoms with Crippen molar-refractivity contribution in [2.24, 2.45) is 5.10 Å². The standard InChI is InChI=1S/C13H15IN6/c1-3-19-13(16-17-18-19)11-8-15-20(12(11)14)10-6-4-9(2)5-7-10/h4-8,17-18H,3H2,1-2H3. The maximum absolute atomic E-state index is 4.48. The normalized spacial score (nSPS) is 14.3. The molecule has 104 valence electrons. The first-order chi connectivity index (χ1) is 9.70. The van der Waals surface area contributed by atoms with Crippen LogP contribution < -0.4 is 11.1 Å². The second-order valence-electron chi connectivity index (χ2n) is 4.50. The molecule has 1 aliphatic heterocycles. The van der Waals surface area contributed by atoms with Gasteiger partial charge in [0.15, 0.2) is 5.84 Å². The van der Waals surface area contributed by atoms with Gasteiger partial charge in [0.05, 0.1) is 17.4 Å². The summed E-state index contributed by atoms with van der Waals surface area (Å²) >= 11 is 2.30. The molecule has 0 spiro atoms. The Hall–Kier alpha value is -1.61. The number of halogens is 1. The molecule has 0 bridgehead atoms. The molecule has 0 atom stereocenters. The summed E-state index contributed by atoms with van der Waals surface area (Å²) in [6, 6.07) is 8.31. The topological polar surface area (TPSA) is 57.5 Å². The third kappa shape index (κ3) is 2.27. The van der Waals surface area contributed by atoms with E-state index in [9.17, 15) is 0 Å². The lowest BCUT2D eigenvalue weighted by molar-refractivity contribution is 0.308. The molecule has 2 heterocycles. The summed E-state index contributed by atoms with van der Waals surface area (Å²) in [6.07, 6.45) is 1.85. The highest BCUT2D eigenvalue weighted by atomic mass is 127. The molecule has 0 aliphatic carbocycles. The number of amidine groups is 1. The van der Waals surface area contributed by atoms with Crippen LogP contribution in [0.1, 0.15) is 18.1 Å². The molecule has 0 saturated carbocycles. The molecule has 7 heteroatoms. The van der Waals surface area contributed by atoms with E-state index in [1.807, 2.05) is 15.9 Å². The Labute approximate surface area is 130 Å². The summed E-state index contributed by atoms with van der Waals surface area (Å²) in [5.41, 5.74) is 9.05. The Balaban J connectivity index is 1.99. The molecule has 6 nitrogen and oxygen atoms in total. The quantitative estimate of drug-likeness (QED) is 0.795. The lowest BCUT2D eigenvalue weighted by atomic mass is 10.2. The summed E-state index contributed by atoms with van der Waals surface area (Å²) in [7, 11) is 0. The predicted octanol–water partition coefficient (Wildman–Crippen LogP) is 1.79. The van der Waals surface area contributed by atoms with Crippen LogP contribution in [0, 0.1) is 10.6 Å². The van der Waals surface area contributed by atoms with Gasteiger partial charge >= 0.3 is 0 Å². The van der Waals surface area contributed by atoms with Crippen molar-refractivity contribution in [2.45, 2.75) is 13.8 Å². The summed E-state index contributed by atoms with van der Waals surface area (Å²) in [5.74, 6) is 0.857. The van der Waals surface area contributed by atoms with Crippen LogP contribution >= 0.6 is 22.6 Å². The van der Waals surface area contributed by atoms with Crippen molar-refractivity contribution in [2.75, 3.05) is 6.54 Å². The molecule has 2 N–H and O–H groups in total. The number of hydrazone groups is 1. The number of aromatic nitrogens is 2. The van der Waals surface area contributed by atoms with Crippen LogP contribution in [0.15, 0.2) is 35.6 Å². The van der Waals surface area contributed by atoms with Gasteiger partial charge in [-0.25, -0.2) is 10.2 Å². The summed E-state index contributed by atoms with van der Waals surface area (Å²) in [5, 5.41) is 10.7. The molecular formula is C13H15IN6. The van der Waals surface area contributed by atoms with Gasteiger partial charge in [0.25, 0.3) is 0 Å². The van der Waals surface area contributed by atoms with Gasteiger partial charge in [0, 0.05) is 6.54 Å². The minimum Gasteiger partial charge on any atom is -0.271 e. The largest absolute Gasteiger partial charge is 0.271 e. The van der Waals surface area contributed by atoms with Gasteiger partial charge in [-0.05, 0) is 48.6 Å². The van der Waals surface area contributed by atoms with Gasteiger partial charge in [-0.2, -0.15) is 5.10 Å². The van der Waals surface area contributed by atoms with Crippen molar-refractivity contribution >= 4 is 28.4 Å². The average molecular weight is 382 g/mol. The number of benzene rings is 1. The first-order valence-corrected chi connectivity index (χ1v) is 7.45. The van der Waals surface area contributed by atoms with E-state index in [2.05, 4.69) is 82.0 Å². The fourth-order valence-electron chi connectivity index (χ4n) is 2.04. The zero-order chi connectivity index (χ0) is 14.1. The molecular weight excluding hydrogens is 367 g/mol. The molecule has 0 radical (unpaired) electrons. The molecule has 0 saturated heterocycles. The highest BCUT2D eigenvalue weighted by molar-refractivity contribution is 14.1. The minimum atomic E-state index is 0.817. The summed E-state index contributed by atoms with van der Waals surface area (Å²) in [4.78, 5) is 0. The molecule has 0 amide bonds. The molecule has 3 rings (SSSR count). The van der Waals surface area contributed by atoms with Gasteiger partial charge in [-0.3, -0.25) is 5.01 Å². The average Bonchev–Trinajstić information content (AvgIpc) is 3.06. The van der Waals surface area contributed by atoms with Crippen LogP contribution in [0.2, 0.25) is 0 Å². The van der Waals surface area contributed by atoms with Crippen LogP contribution in [0.3, 0.4) is 0 Å². The molecule has 0 unspecified atom stereocenters. The van der Waals surface area contributed by atoms with E-state index >= 15 is 0 Å². The van der Waals surface area contributed by atoms with Crippen molar-refractivity contribution in [3.63, 3.8) is 0 Å². The number of aryl methyl sites for hydroxylation is 1. The second-order valence-corrected chi connectivity index (χ2v) is 5.52. The minimum absolute atomic E-state index is 0.817. The maximum atomic E-state index is 4.48. The van der Waals surface area contributed by atoms with E-state index in [-0.39, 0.29) is 0 Å². The van der Waals surface area contributed by atoms with Crippen LogP contribution in [0.5, 0.6) is 0 Å². The third-order valence-electron chi connectivity index (χ3n) is 3.15. The van der Waals surface area contributed by atoms with Crippen molar-refractivity contribution in [1.82, 2.24) is 25.9 Å². The summed E-state index contributed by atoms with van der Waals surface area (Å²) in [6.45, 7) is 4.96. The van der Waals surface area contributed by atoms with Crippen LogP contribution in [0.4, 0.5) is 0 Å². The predicted molar refractivity (Wildman–Crippen MR) is 86.2 cm³/mol. The zero-order valence-corrected chi connectivity index (χ0v) is 13.4. The first kappa shape index (κ1) is 13.4. The molecule has 1 aromatic carbocycles. The highest BCUT2D eigenvalue weighted by Gasteiger charge is 2.22.